The lowest BCUT2D eigenvalue weighted by Crippen LogP contribution is -2.06. The van der Waals surface area contributed by atoms with E-state index in [9.17, 15) is 4.79 Å². The third-order valence-electron chi connectivity index (χ3n) is 2.26. The Labute approximate surface area is 112 Å². The quantitative estimate of drug-likeness (QED) is 0.428. The van der Waals surface area contributed by atoms with E-state index in [1.807, 2.05) is 51.7 Å². The molecular weight excluding hydrogens is 247 g/mol. The van der Waals surface area contributed by atoms with E-state index in [4.69, 9.17) is 9.26 Å². The highest BCUT2D eigenvalue weighted by atomic mass is 31.1. The van der Waals surface area contributed by atoms with E-state index in [1.165, 1.54) is 0 Å². The van der Waals surface area contributed by atoms with E-state index in [-0.39, 0.29) is 6.10 Å². The summed E-state index contributed by atoms with van der Waals surface area (Å²) in [5, 5.41) is 0. The molecule has 0 amide bonds. The van der Waals surface area contributed by atoms with E-state index in [1.54, 1.807) is 0 Å². The third-order valence-corrected chi connectivity index (χ3v) is 2.75. The number of ether oxygens (including phenoxy) is 1. The highest BCUT2D eigenvalue weighted by Crippen LogP contribution is 2.22. The summed E-state index contributed by atoms with van der Waals surface area (Å²) in [6, 6.07) is 7.98. The molecule has 0 bridgehead atoms. The normalized spacial score (nSPS) is 11.8. The maximum atomic E-state index is 10.4. The van der Waals surface area contributed by atoms with Gasteiger partial charge in [0, 0.05) is 15.2 Å². The molecular formula is C14H23O3P. The molecule has 18 heavy (non-hydrogen) atoms. The van der Waals surface area contributed by atoms with Crippen LogP contribution >= 0.6 is 8.81 Å². The predicted molar refractivity (Wildman–Crippen MR) is 77.2 cm³/mol. The minimum atomic E-state index is -0.200. The number of hydrogen-bond donors (Lipinski definition) is 0. The second kappa shape index (κ2) is 11.2. The molecule has 0 spiro atoms. The zero-order valence-electron chi connectivity index (χ0n) is 11.6. The molecule has 0 saturated carbocycles. The first-order valence-electron chi connectivity index (χ1n) is 6.22. The van der Waals surface area contributed by atoms with Crippen LogP contribution in [-0.2, 0) is 14.1 Å². The molecule has 0 saturated heterocycles. The van der Waals surface area contributed by atoms with Crippen LogP contribution in [0.1, 0.15) is 37.5 Å². The van der Waals surface area contributed by atoms with Gasteiger partial charge in [-0.15, -0.1) is 0 Å². The summed E-state index contributed by atoms with van der Waals surface area (Å²) < 4.78 is 10.4. The van der Waals surface area contributed by atoms with E-state index >= 15 is 0 Å². The summed E-state index contributed by atoms with van der Waals surface area (Å²) >= 11 is 0. The Morgan fingerprint density at radius 1 is 1.39 bits per heavy atom. The van der Waals surface area contributed by atoms with Crippen molar-refractivity contribution < 1.29 is 14.1 Å². The second-order valence-corrected chi connectivity index (χ2v) is 4.17. The maximum Gasteiger partial charge on any atom is 0.293 e. The average Bonchev–Trinajstić information content (AvgIpc) is 2.40. The number of carbonyl (C=O) groups is 1. The van der Waals surface area contributed by atoms with Gasteiger partial charge in [-0.1, -0.05) is 43.7 Å². The van der Waals surface area contributed by atoms with Gasteiger partial charge in [0.15, 0.2) is 0 Å². The Hall–Kier alpha value is -0.920. The van der Waals surface area contributed by atoms with Crippen LogP contribution in [0.2, 0.25) is 0 Å². The zero-order valence-corrected chi connectivity index (χ0v) is 12.6. The molecule has 1 rings (SSSR count). The Kier molecular flexibility index (Phi) is 10.6. The fourth-order valence-electron chi connectivity index (χ4n) is 1.52. The summed E-state index contributed by atoms with van der Waals surface area (Å²) in [5.74, 6) is 0. The molecule has 0 aliphatic carbocycles. The summed E-state index contributed by atoms with van der Waals surface area (Å²) in [4.78, 5) is 10.4. The second-order valence-electron chi connectivity index (χ2n) is 3.48. The molecule has 0 aliphatic heterocycles. The molecule has 0 heterocycles. The summed E-state index contributed by atoms with van der Waals surface area (Å²) in [7, 11) is 0.471. The molecule has 1 aromatic rings. The van der Waals surface area contributed by atoms with E-state index in [0.717, 1.165) is 11.1 Å². The van der Waals surface area contributed by atoms with Crippen molar-refractivity contribution in [2.24, 2.45) is 0 Å². The van der Waals surface area contributed by atoms with Gasteiger partial charge in [-0.25, -0.2) is 0 Å². The topological polar surface area (TPSA) is 35.5 Å². The Balaban J connectivity index is 0.00000137. The molecule has 0 aliphatic rings. The van der Waals surface area contributed by atoms with Crippen LogP contribution < -0.4 is 0 Å². The standard InChI is InChI=1S/C12H17O3P.C2H6/c1-10-4-3-5-11(8-10)12(14-9-13)6-7-15-16-2;1-2/h3-5,8-9,12,16H,6-7H2,1-2H3;1-2H3/t12-;/m1./s1. The van der Waals surface area contributed by atoms with Crippen LogP contribution in [0.25, 0.3) is 0 Å². The van der Waals surface area contributed by atoms with Gasteiger partial charge >= 0.3 is 0 Å². The van der Waals surface area contributed by atoms with Gasteiger partial charge < -0.3 is 9.26 Å². The Morgan fingerprint density at radius 2 is 2.11 bits per heavy atom. The minimum absolute atomic E-state index is 0.200. The first-order valence-corrected chi connectivity index (χ1v) is 7.63. The third kappa shape index (κ3) is 6.73. The van der Waals surface area contributed by atoms with Crippen molar-refractivity contribution in [1.29, 1.82) is 0 Å². The predicted octanol–water partition coefficient (Wildman–Crippen LogP) is 3.87. The lowest BCUT2D eigenvalue weighted by molar-refractivity contribution is -0.134. The van der Waals surface area contributed by atoms with Gasteiger partial charge in [0.1, 0.15) is 6.10 Å². The largest absolute Gasteiger partial charge is 0.460 e. The Bertz CT molecular complexity index is 329. The molecule has 0 N–H and O–H groups in total. The van der Waals surface area contributed by atoms with Crippen LogP contribution in [-0.4, -0.2) is 19.7 Å². The van der Waals surface area contributed by atoms with Gasteiger partial charge in [0.05, 0.1) is 6.61 Å². The fraction of sp³-hybridized carbons (Fsp3) is 0.500. The molecule has 1 unspecified atom stereocenters. The SMILES string of the molecule is CC.CPOCC[C@@H](OC=O)c1cccc(C)c1. The van der Waals surface area contributed by atoms with Gasteiger partial charge in [0.25, 0.3) is 6.47 Å². The van der Waals surface area contributed by atoms with Crippen molar-refractivity contribution in [1.82, 2.24) is 0 Å². The zero-order chi connectivity index (χ0) is 13.8. The van der Waals surface area contributed by atoms with E-state index in [0.29, 0.717) is 28.3 Å². The molecule has 0 aromatic heterocycles. The van der Waals surface area contributed by atoms with Crippen LogP contribution in [0.3, 0.4) is 0 Å². The van der Waals surface area contributed by atoms with Crippen molar-refractivity contribution >= 4 is 15.3 Å². The molecule has 0 radical (unpaired) electrons. The van der Waals surface area contributed by atoms with Crippen molar-refractivity contribution in [3.05, 3.63) is 35.4 Å². The van der Waals surface area contributed by atoms with Gasteiger partial charge in [-0.05, 0) is 19.2 Å². The van der Waals surface area contributed by atoms with Crippen molar-refractivity contribution in [2.75, 3.05) is 13.3 Å². The molecule has 1 aromatic carbocycles. The lowest BCUT2D eigenvalue weighted by atomic mass is 10.0. The molecule has 2 atom stereocenters. The summed E-state index contributed by atoms with van der Waals surface area (Å²) in [6.07, 6.45) is 0.497. The van der Waals surface area contributed by atoms with E-state index < -0.39 is 0 Å². The van der Waals surface area contributed by atoms with Crippen LogP contribution in [0.5, 0.6) is 0 Å². The first-order chi connectivity index (χ1) is 8.77. The highest BCUT2D eigenvalue weighted by molar-refractivity contribution is 7.31. The van der Waals surface area contributed by atoms with Crippen LogP contribution in [0, 0.1) is 6.92 Å². The number of benzene rings is 1. The maximum absolute atomic E-state index is 10.4. The smallest absolute Gasteiger partial charge is 0.293 e. The average molecular weight is 270 g/mol. The monoisotopic (exact) mass is 270 g/mol. The minimum Gasteiger partial charge on any atom is -0.460 e. The lowest BCUT2D eigenvalue weighted by Gasteiger charge is -2.15. The molecule has 0 fully saturated rings. The van der Waals surface area contributed by atoms with Crippen LogP contribution in [0.4, 0.5) is 0 Å². The van der Waals surface area contributed by atoms with E-state index in [2.05, 4.69) is 0 Å². The number of carbonyl (C=O) groups excluding carboxylic acids is 1. The Morgan fingerprint density at radius 3 is 2.67 bits per heavy atom. The van der Waals surface area contributed by atoms with Crippen molar-refractivity contribution in [3.63, 3.8) is 0 Å². The van der Waals surface area contributed by atoms with Gasteiger partial charge in [-0.3, -0.25) is 4.79 Å². The number of rotatable bonds is 7. The van der Waals surface area contributed by atoms with Crippen molar-refractivity contribution in [2.45, 2.75) is 33.3 Å². The summed E-state index contributed by atoms with van der Waals surface area (Å²) in [5.41, 5.74) is 2.19. The number of aryl methyl sites for hydroxylation is 1. The van der Waals surface area contributed by atoms with Gasteiger partial charge in [-0.2, -0.15) is 0 Å². The first kappa shape index (κ1) is 17.1. The van der Waals surface area contributed by atoms with Crippen molar-refractivity contribution in [3.8, 4) is 0 Å². The summed E-state index contributed by atoms with van der Waals surface area (Å²) in [6.45, 7) is 9.11. The fourth-order valence-corrected chi connectivity index (χ4v) is 1.84. The molecule has 102 valence electrons. The van der Waals surface area contributed by atoms with Crippen LogP contribution in [0.15, 0.2) is 24.3 Å². The highest BCUT2D eigenvalue weighted by Gasteiger charge is 2.12. The molecule has 3 nitrogen and oxygen atoms in total. The van der Waals surface area contributed by atoms with Gasteiger partial charge in [0.2, 0.25) is 0 Å². The molecule has 4 heteroatoms. The number of hydrogen-bond acceptors (Lipinski definition) is 3.